The molecule has 0 bridgehead atoms. The lowest BCUT2D eigenvalue weighted by molar-refractivity contribution is -0.281. The molecular weight excluding hydrogens is 597 g/mol. The molecule has 0 spiro atoms. The van der Waals surface area contributed by atoms with Gasteiger partial charge in [0.15, 0.2) is 10.9 Å². The van der Waals surface area contributed by atoms with Gasteiger partial charge in [0.1, 0.15) is 23.9 Å². The van der Waals surface area contributed by atoms with E-state index in [0.29, 0.717) is 10.0 Å². The summed E-state index contributed by atoms with van der Waals surface area (Å²) in [4.78, 5) is 18.8. The molecule has 5 rings (SSSR count). The van der Waals surface area contributed by atoms with Crippen LogP contribution in [0.2, 0.25) is 5.04 Å². The van der Waals surface area contributed by atoms with Crippen molar-refractivity contribution in [2.75, 3.05) is 18.6 Å². The molecule has 1 amide bonds. The lowest BCUT2D eigenvalue weighted by Crippen LogP contribution is -2.67. The summed E-state index contributed by atoms with van der Waals surface area (Å²) in [5.41, 5.74) is -0.662. The van der Waals surface area contributed by atoms with Crippen LogP contribution in [-0.4, -0.2) is 67.9 Å². The van der Waals surface area contributed by atoms with Crippen molar-refractivity contribution in [3.8, 4) is 0 Å². The first-order chi connectivity index (χ1) is 20.5. The average molecular weight is 641 g/mol. The molecule has 238 valence electrons. The maximum Gasteiger partial charge on any atom is 0.416 e. The van der Waals surface area contributed by atoms with E-state index in [9.17, 15) is 9.90 Å². The van der Waals surface area contributed by atoms with E-state index in [1.165, 1.54) is 11.1 Å². The molecule has 2 fully saturated rings. The van der Waals surface area contributed by atoms with Crippen LogP contribution in [-0.2, 0) is 29.2 Å². The van der Waals surface area contributed by atoms with Crippen molar-refractivity contribution in [2.24, 2.45) is 0 Å². The fourth-order valence-corrected chi connectivity index (χ4v) is 11.5. The van der Waals surface area contributed by atoms with Crippen molar-refractivity contribution >= 4 is 41.3 Å². The van der Waals surface area contributed by atoms with Crippen LogP contribution in [0.3, 0.4) is 0 Å². The van der Waals surface area contributed by atoms with Crippen LogP contribution in [0.15, 0.2) is 66.9 Å². The van der Waals surface area contributed by atoms with Crippen LogP contribution in [0.1, 0.15) is 60.3 Å². The molecule has 2 aliphatic rings. The Morgan fingerprint density at radius 1 is 0.977 bits per heavy atom. The molecule has 1 aromatic heterocycles. The number of hydrogen-bond donors (Lipinski definition) is 1. The third-order valence-electron chi connectivity index (χ3n) is 7.89. The Hall–Kier alpha value is -2.64. The van der Waals surface area contributed by atoms with Crippen molar-refractivity contribution in [2.45, 2.75) is 95.9 Å². The molecule has 3 aromatic rings. The molecule has 11 heteroatoms. The zero-order chi connectivity index (χ0) is 32.1. The minimum absolute atomic E-state index is 0.166. The predicted octanol–water partition coefficient (Wildman–Crippen LogP) is 5.16. The first-order valence-corrected chi connectivity index (χ1v) is 17.6. The van der Waals surface area contributed by atoms with E-state index in [1.807, 2.05) is 50.2 Å². The molecule has 0 radical (unpaired) electrons. The minimum atomic E-state index is -2.89. The van der Waals surface area contributed by atoms with Gasteiger partial charge in [-0.15, -0.1) is 0 Å². The van der Waals surface area contributed by atoms with E-state index in [1.54, 1.807) is 27.8 Å². The number of thiazole rings is 1. The summed E-state index contributed by atoms with van der Waals surface area (Å²) >= 11 is 1.14. The predicted molar refractivity (Wildman–Crippen MR) is 173 cm³/mol. The maximum atomic E-state index is 12.7. The lowest BCUT2D eigenvalue weighted by Gasteiger charge is -2.43. The van der Waals surface area contributed by atoms with Crippen LogP contribution < -0.4 is 15.3 Å². The second-order valence-electron chi connectivity index (χ2n) is 13.9. The standard InChI is InChI=1S/C33H44N2O7SSi/c1-30(2,3)42-29(36)35(9)28-34-20-25(43-28)33(37)27-26(40-32(7,8)41-27)24(39-33)21-38-44(31(4,5)6,22-16-12-10-13-17-22)23-18-14-11-15-19-23/h10-20,24,26-27,37H,21H2,1-9H3/t24-,26-,27-,33?/m1/s1. The monoisotopic (exact) mass is 640 g/mol. The van der Waals surface area contributed by atoms with Crippen LogP contribution in [0.4, 0.5) is 9.93 Å². The van der Waals surface area contributed by atoms with Gasteiger partial charge in [0.25, 0.3) is 8.32 Å². The van der Waals surface area contributed by atoms with E-state index in [4.69, 9.17) is 23.4 Å². The van der Waals surface area contributed by atoms with Gasteiger partial charge < -0.3 is 28.5 Å². The van der Waals surface area contributed by atoms with E-state index >= 15 is 0 Å². The number of fused-ring (bicyclic) bond motifs is 1. The highest BCUT2D eigenvalue weighted by atomic mass is 32.1. The van der Waals surface area contributed by atoms with E-state index in [-0.39, 0.29) is 11.6 Å². The Kier molecular flexibility index (Phi) is 8.64. The Balaban J connectivity index is 1.47. The largest absolute Gasteiger partial charge is 0.443 e. The van der Waals surface area contributed by atoms with Crippen LogP contribution in [0.25, 0.3) is 0 Å². The number of carbonyl (C=O) groups is 1. The number of hydrogen-bond acceptors (Lipinski definition) is 9. The highest BCUT2D eigenvalue weighted by Crippen LogP contribution is 2.50. The van der Waals surface area contributed by atoms with Gasteiger partial charge in [0.2, 0.25) is 5.79 Å². The van der Waals surface area contributed by atoms with Gasteiger partial charge in [-0.05, 0) is 50.0 Å². The Labute approximate surface area is 265 Å². The molecule has 44 heavy (non-hydrogen) atoms. The molecule has 1 unspecified atom stereocenters. The van der Waals surface area contributed by atoms with Gasteiger partial charge in [-0.2, -0.15) is 0 Å². The summed E-state index contributed by atoms with van der Waals surface area (Å²) in [6.07, 6.45) is -1.14. The summed E-state index contributed by atoms with van der Waals surface area (Å²) in [6, 6.07) is 20.7. The van der Waals surface area contributed by atoms with Gasteiger partial charge in [-0.3, -0.25) is 4.90 Å². The van der Waals surface area contributed by atoms with Crippen LogP contribution in [0, 0.1) is 0 Å². The SMILES string of the molecule is CN(C(=O)OC(C)(C)C)c1ncc(C2(O)O[C@H](CO[Si](c3ccccc3)(c3ccccc3)C(C)(C)C)[C@H]3OC(C)(C)O[C@H]32)s1. The summed E-state index contributed by atoms with van der Waals surface area (Å²) in [6.45, 7) is 15.9. The van der Waals surface area contributed by atoms with Crippen molar-refractivity contribution in [3.05, 3.63) is 71.7 Å². The number of amides is 1. The maximum absolute atomic E-state index is 12.7. The van der Waals surface area contributed by atoms with Gasteiger partial charge in [0.05, 0.1) is 11.5 Å². The first kappa shape index (κ1) is 32.7. The molecule has 3 heterocycles. The number of benzene rings is 2. The summed E-state index contributed by atoms with van der Waals surface area (Å²) in [5, 5.41) is 14.5. The number of rotatable bonds is 7. The molecular formula is C33H44N2O7SSi. The smallest absolute Gasteiger partial charge is 0.416 e. The number of carbonyl (C=O) groups excluding carboxylic acids is 1. The molecule has 2 saturated heterocycles. The van der Waals surface area contributed by atoms with Crippen LogP contribution in [0.5, 0.6) is 0 Å². The topological polar surface area (TPSA) is 99.6 Å². The Morgan fingerprint density at radius 2 is 1.55 bits per heavy atom. The zero-order valence-corrected chi connectivity index (χ0v) is 28.8. The number of anilines is 1. The van der Waals surface area contributed by atoms with Gasteiger partial charge in [0, 0.05) is 13.2 Å². The summed E-state index contributed by atoms with van der Waals surface area (Å²) < 4.78 is 31.7. The molecule has 4 atom stereocenters. The molecule has 0 aliphatic carbocycles. The third-order valence-corrected chi connectivity index (χ3v) is 14.1. The van der Waals surface area contributed by atoms with Crippen molar-refractivity contribution in [3.63, 3.8) is 0 Å². The Bertz CT molecular complexity index is 1410. The van der Waals surface area contributed by atoms with Crippen molar-refractivity contribution < 1.29 is 33.3 Å². The van der Waals surface area contributed by atoms with Crippen molar-refractivity contribution in [1.29, 1.82) is 0 Å². The molecule has 0 saturated carbocycles. The highest BCUT2D eigenvalue weighted by Gasteiger charge is 2.64. The number of aliphatic hydroxyl groups is 1. The van der Waals surface area contributed by atoms with Crippen LogP contribution >= 0.6 is 11.3 Å². The summed E-state index contributed by atoms with van der Waals surface area (Å²) in [7, 11) is -1.31. The Morgan fingerprint density at radius 3 is 2.07 bits per heavy atom. The number of ether oxygens (including phenoxy) is 4. The number of aromatic nitrogens is 1. The zero-order valence-electron chi connectivity index (χ0n) is 27.0. The second kappa shape index (κ2) is 11.6. The van der Waals surface area contributed by atoms with Gasteiger partial charge >= 0.3 is 6.09 Å². The molecule has 1 N–H and O–H groups in total. The molecule has 2 aliphatic heterocycles. The molecule has 2 aromatic carbocycles. The minimum Gasteiger partial charge on any atom is -0.443 e. The fourth-order valence-electron chi connectivity index (χ4n) is 6.02. The number of nitrogens with zero attached hydrogens (tertiary/aromatic N) is 2. The van der Waals surface area contributed by atoms with E-state index < -0.39 is 49.9 Å². The first-order valence-electron chi connectivity index (χ1n) is 14.9. The molecule has 9 nitrogen and oxygen atoms in total. The fraction of sp³-hybridized carbons (Fsp3) is 0.515. The van der Waals surface area contributed by atoms with Gasteiger partial charge in [-0.25, -0.2) is 9.78 Å². The quantitative estimate of drug-likeness (QED) is 0.354. The lowest BCUT2D eigenvalue weighted by atomic mass is 10.0. The third kappa shape index (κ3) is 6.11. The normalized spacial score (nSPS) is 25.1. The van der Waals surface area contributed by atoms with Crippen molar-refractivity contribution in [1.82, 2.24) is 4.98 Å². The van der Waals surface area contributed by atoms with Gasteiger partial charge in [-0.1, -0.05) is 92.8 Å². The second-order valence-corrected chi connectivity index (χ2v) is 19.2. The average Bonchev–Trinajstić information content (AvgIpc) is 3.62. The van der Waals surface area contributed by atoms with E-state index in [2.05, 4.69) is 50.0 Å². The van der Waals surface area contributed by atoms with E-state index in [0.717, 1.165) is 21.7 Å². The highest BCUT2D eigenvalue weighted by molar-refractivity contribution is 7.15. The summed E-state index contributed by atoms with van der Waals surface area (Å²) in [5.74, 6) is -2.83.